The van der Waals surface area contributed by atoms with Gasteiger partial charge in [-0.3, -0.25) is 4.79 Å². The van der Waals surface area contributed by atoms with Gasteiger partial charge in [0.25, 0.3) is 5.56 Å². The molecule has 1 atom stereocenters. The first-order valence-corrected chi connectivity index (χ1v) is 6.74. The molecule has 1 aromatic carbocycles. The van der Waals surface area contributed by atoms with Gasteiger partial charge in [0.1, 0.15) is 0 Å². The van der Waals surface area contributed by atoms with Crippen LogP contribution in [0.5, 0.6) is 0 Å². The van der Waals surface area contributed by atoms with Crippen LogP contribution in [0.4, 0.5) is 0 Å². The number of para-hydroxylation sites is 1. The minimum absolute atomic E-state index is 0.0629. The van der Waals surface area contributed by atoms with E-state index in [1.54, 1.807) is 0 Å². The van der Waals surface area contributed by atoms with Crippen molar-refractivity contribution in [2.75, 3.05) is 6.54 Å². The lowest BCUT2D eigenvalue weighted by atomic mass is 10.1. The molecule has 1 aliphatic rings. The first-order chi connectivity index (χ1) is 9.24. The number of aliphatic hydroxyl groups is 1. The highest BCUT2D eigenvalue weighted by molar-refractivity contribution is 5.78. The Balaban J connectivity index is 1.69. The van der Waals surface area contributed by atoms with Crippen molar-refractivity contribution < 1.29 is 5.11 Å². The number of hydrogen-bond donors (Lipinski definition) is 3. The summed E-state index contributed by atoms with van der Waals surface area (Å²) >= 11 is 0. The molecule has 0 amide bonds. The van der Waals surface area contributed by atoms with Gasteiger partial charge in [-0.25, -0.2) is 0 Å². The quantitative estimate of drug-likeness (QED) is 0.759. The second-order valence-corrected chi connectivity index (χ2v) is 5.25. The third-order valence-electron chi connectivity index (χ3n) is 3.67. The Morgan fingerprint density at radius 2 is 2.16 bits per heavy atom. The fourth-order valence-electron chi connectivity index (χ4n) is 2.33. The number of pyridine rings is 1. The lowest BCUT2D eigenvalue weighted by Gasteiger charge is -2.10. The van der Waals surface area contributed by atoms with Gasteiger partial charge in [0.2, 0.25) is 0 Å². The molecule has 0 bridgehead atoms. The van der Waals surface area contributed by atoms with Crippen molar-refractivity contribution in [2.45, 2.75) is 25.5 Å². The van der Waals surface area contributed by atoms with Crippen molar-refractivity contribution in [3.8, 4) is 0 Å². The third kappa shape index (κ3) is 2.85. The van der Waals surface area contributed by atoms with E-state index in [9.17, 15) is 9.90 Å². The number of fused-ring (bicyclic) bond motifs is 1. The zero-order valence-electron chi connectivity index (χ0n) is 10.7. The zero-order valence-corrected chi connectivity index (χ0v) is 10.7. The van der Waals surface area contributed by atoms with Crippen molar-refractivity contribution in [1.29, 1.82) is 0 Å². The summed E-state index contributed by atoms with van der Waals surface area (Å²) in [6, 6.07) is 9.64. The molecule has 0 saturated heterocycles. The predicted molar refractivity (Wildman–Crippen MR) is 75.0 cm³/mol. The number of hydrogen-bond acceptors (Lipinski definition) is 3. The summed E-state index contributed by atoms with van der Waals surface area (Å²) in [7, 11) is 0. The summed E-state index contributed by atoms with van der Waals surface area (Å²) in [6.07, 6.45) is 1.97. The van der Waals surface area contributed by atoms with E-state index in [1.807, 2.05) is 30.3 Å². The van der Waals surface area contributed by atoms with E-state index < -0.39 is 0 Å². The Hall–Kier alpha value is -1.65. The minimum atomic E-state index is -0.278. The summed E-state index contributed by atoms with van der Waals surface area (Å²) in [6.45, 7) is 1.04. The van der Waals surface area contributed by atoms with Gasteiger partial charge in [-0.05, 0) is 36.3 Å². The van der Waals surface area contributed by atoms with E-state index in [4.69, 9.17) is 0 Å². The SMILES string of the molecule is O=c1[nH]c2ccccc2cc1CNCC(O)C1CC1. The van der Waals surface area contributed by atoms with Crippen molar-refractivity contribution in [1.82, 2.24) is 10.3 Å². The number of rotatable bonds is 5. The number of aromatic nitrogens is 1. The number of aliphatic hydroxyl groups excluding tert-OH is 1. The van der Waals surface area contributed by atoms with Crippen LogP contribution in [0, 0.1) is 5.92 Å². The molecule has 4 nitrogen and oxygen atoms in total. The molecule has 1 heterocycles. The van der Waals surface area contributed by atoms with Gasteiger partial charge in [-0.15, -0.1) is 0 Å². The normalized spacial score (nSPS) is 16.7. The second kappa shape index (κ2) is 5.15. The molecule has 2 aromatic rings. The van der Waals surface area contributed by atoms with Crippen molar-refractivity contribution >= 4 is 10.9 Å². The number of H-pyrrole nitrogens is 1. The van der Waals surface area contributed by atoms with Gasteiger partial charge in [-0.1, -0.05) is 18.2 Å². The Kier molecular flexibility index (Phi) is 3.36. The highest BCUT2D eigenvalue weighted by Gasteiger charge is 2.29. The van der Waals surface area contributed by atoms with E-state index in [1.165, 1.54) is 0 Å². The first kappa shape index (κ1) is 12.4. The topological polar surface area (TPSA) is 65.1 Å². The predicted octanol–water partition coefficient (Wildman–Crippen LogP) is 1.39. The molecule has 4 heteroatoms. The molecule has 1 unspecified atom stereocenters. The Morgan fingerprint density at radius 3 is 2.95 bits per heavy atom. The maximum absolute atomic E-state index is 11.9. The Labute approximate surface area is 111 Å². The largest absolute Gasteiger partial charge is 0.392 e. The van der Waals surface area contributed by atoms with Gasteiger partial charge in [0.05, 0.1) is 6.10 Å². The van der Waals surface area contributed by atoms with Crippen LogP contribution >= 0.6 is 0 Å². The summed E-state index contributed by atoms with van der Waals surface area (Å²) < 4.78 is 0. The van der Waals surface area contributed by atoms with Crippen LogP contribution < -0.4 is 10.9 Å². The molecule has 1 aromatic heterocycles. The molecular formula is C15H18N2O2. The molecule has 1 fully saturated rings. The number of benzene rings is 1. The molecule has 0 aliphatic heterocycles. The maximum atomic E-state index is 11.9. The molecule has 3 rings (SSSR count). The molecule has 0 spiro atoms. The van der Waals surface area contributed by atoms with E-state index in [0.717, 1.165) is 23.7 Å². The van der Waals surface area contributed by atoms with Gasteiger partial charge in [0.15, 0.2) is 0 Å². The Bertz CT molecular complexity index is 631. The van der Waals surface area contributed by atoms with Crippen LogP contribution in [-0.2, 0) is 6.54 Å². The minimum Gasteiger partial charge on any atom is -0.392 e. The van der Waals surface area contributed by atoms with E-state index >= 15 is 0 Å². The van der Waals surface area contributed by atoms with Crippen LogP contribution in [0.3, 0.4) is 0 Å². The highest BCUT2D eigenvalue weighted by Crippen LogP contribution is 2.32. The highest BCUT2D eigenvalue weighted by atomic mass is 16.3. The molecule has 19 heavy (non-hydrogen) atoms. The number of nitrogens with one attached hydrogen (secondary N) is 2. The standard InChI is InChI=1S/C15H18N2O2/c18-14(10-5-6-10)9-16-8-12-7-11-3-1-2-4-13(11)17-15(12)19/h1-4,7,10,14,16,18H,5-6,8-9H2,(H,17,19). The van der Waals surface area contributed by atoms with Crippen LogP contribution in [0.15, 0.2) is 35.1 Å². The summed E-state index contributed by atoms with van der Waals surface area (Å²) in [4.78, 5) is 14.8. The van der Waals surface area contributed by atoms with Crippen molar-refractivity contribution in [2.24, 2.45) is 5.92 Å². The average Bonchev–Trinajstić information content (AvgIpc) is 3.23. The summed E-state index contributed by atoms with van der Waals surface area (Å²) in [5.74, 6) is 0.461. The van der Waals surface area contributed by atoms with E-state index in [0.29, 0.717) is 24.6 Å². The molecule has 100 valence electrons. The van der Waals surface area contributed by atoms with E-state index in [-0.39, 0.29) is 11.7 Å². The summed E-state index contributed by atoms with van der Waals surface area (Å²) in [5, 5.41) is 13.9. The van der Waals surface area contributed by atoms with Gasteiger partial charge >= 0.3 is 0 Å². The van der Waals surface area contributed by atoms with Crippen molar-refractivity contribution in [3.63, 3.8) is 0 Å². The smallest absolute Gasteiger partial charge is 0.252 e. The fourth-order valence-corrected chi connectivity index (χ4v) is 2.33. The average molecular weight is 258 g/mol. The summed E-state index contributed by atoms with van der Waals surface area (Å²) in [5.41, 5.74) is 1.50. The van der Waals surface area contributed by atoms with Crippen molar-refractivity contribution in [3.05, 3.63) is 46.2 Å². The number of aromatic amines is 1. The fraction of sp³-hybridized carbons (Fsp3) is 0.400. The molecular weight excluding hydrogens is 240 g/mol. The van der Waals surface area contributed by atoms with Gasteiger partial charge in [-0.2, -0.15) is 0 Å². The lowest BCUT2D eigenvalue weighted by Crippen LogP contribution is -2.29. The molecule has 1 aliphatic carbocycles. The monoisotopic (exact) mass is 258 g/mol. The van der Waals surface area contributed by atoms with Crippen LogP contribution in [0.1, 0.15) is 18.4 Å². The van der Waals surface area contributed by atoms with Crippen LogP contribution in [-0.4, -0.2) is 22.7 Å². The van der Waals surface area contributed by atoms with Crippen LogP contribution in [0.2, 0.25) is 0 Å². The van der Waals surface area contributed by atoms with Gasteiger partial charge < -0.3 is 15.4 Å². The lowest BCUT2D eigenvalue weighted by molar-refractivity contribution is 0.148. The van der Waals surface area contributed by atoms with Gasteiger partial charge in [0, 0.05) is 24.2 Å². The molecule has 1 saturated carbocycles. The van der Waals surface area contributed by atoms with Crippen LogP contribution in [0.25, 0.3) is 10.9 Å². The maximum Gasteiger partial charge on any atom is 0.252 e. The Morgan fingerprint density at radius 1 is 1.37 bits per heavy atom. The molecule has 0 radical (unpaired) electrons. The zero-order chi connectivity index (χ0) is 13.2. The van der Waals surface area contributed by atoms with E-state index in [2.05, 4.69) is 10.3 Å². The third-order valence-corrected chi connectivity index (χ3v) is 3.67. The first-order valence-electron chi connectivity index (χ1n) is 6.74. The molecule has 3 N–H and O–H groups in total. The second-order valence-electron chi connectivity index (χ2n) is 5.25.